The van der Waals surface area contributed by atoms with E-state index in [-0.39, 0.29) is 0 Å². The summed E-state index contributed by atoms with van der Waals surface area (Å²) in [4.78, 5) is 4.09. The summed E-state index contributed by atoms with van der Waals surface area (Å²) in [5.74, 6) is 0. The number of rotatable bonds is 2. The normalized spacial score (nSPS) is 10.2. The summed E-state index contributed by atoms with van der Waals surface area (Å²) in [5, 5.41) is 0. The largest absolute Gasteiger partial charge is 0.354 e. The Labute approximate surface area is 77.9 Å². The average molecular weight is 172 g/mol. The Morgan fingerprint density at radius 2 is 2.23 bits per heavy atom. The highest BCUT2D eigenvalue weighted by Gasteiger charge is 1.98. The van der Waals surface area contributed by atoms with Crippen molar-refractivity contribution in [3.63, 3.8) is 0 Å². The van der Waals surface area contributed by atoms with Gasteiger partial charge in [-0.05, 0) is 23.8 Å². The maximum atomic E-state index is 4.09. The monoisotopic (exact) mass is 172 g/mol. The molecule has 0 radical (unpaired) electrons. The molecule has 0 fully saturated rings. The molecule has 0 amide bonds. The molecule has 2 aromatic heterocycles. The van der Waals surface area contributed by atoms with Crippen molar-refractivity contribution in [2.24, 2.45) is 7.05 Å². The van der Waals surface area contributed by atoms with Crippen molar-refractivity contribution in [1.29, 1.82) is 0 Å². The number of aryl methyl sites for hydroxylation is 1. The van der Waals surface area contributed by atoms with Gasteiger partial charge in [0.15, 0.2) is 0 Å². The second-order valence-corrected chi connectivity index (χ2v) is 3.15. The molecule has 13 heavy (non-hydrogen) atoms. The van der Waals surface area contributed by atoms with E-state index in [0.717, 1.165) is 6.42 Å². The van der Waals surface area contributed by atoms with Gasteiger partial charge in [0.1, 0.15) is 0 Å². The van der Waals surface area contributed by atoms with Gasteiger partial charge in [0.25, 0.3) is 0 Å². The average Bonchev–Trinajstić information content (AvgIpc) is 2.54. The third kappa shape index (κ3) is 1.78. The second kappa shape index (κ2) is 3.44. The molecule has 66 valence electrons. The van der Waals surface area contributed by atoms with Crippen LogP contribution in [-0.4, -0.2) is 9.55 Å². The zero-order chi connectivity index (χ0) is 9.10. The standard InChI is InChI=1S/C11H12N2/c1-13-7-3-5-11(13)8-10-4-2-6-12-9-10/h2-7,9H,8H2,1H3. The molecule has 0 aliphatic rings. The van der Waals surface area contributed by atoms with Crippen molar-refractivity contribution in [1.82, 2.24) is 9.55 Å². The van der Waals surface area contributed by atoms with Crippen molar-refractivity contribution in [2.45, 2.75) is 6.42 Å². The van der Waals surface area contributed by atoms with Crippen LogP contribution in [0.25, 0.3) is 0 Å². The van der Waals surface area contributed by atoms with Crippen molar-refractivity contribution < 1.29 is 0 Å². The molecule has 0 spiro atoms. The Morgan fingerprint density at radius 3 is 2.85 bits per heavy atom. The molecular formula is C11H12N2. The third-order valence-corrected chi connectivity index (χ3v) is 2.16. The molecule has 0 aliphatic heterocycles. The number of pyridine rings is 1. The van der Waals surface area contributed by atoms with E-state index in [1.54, 1.807) is 6.20 Å². The minimum absolute atomic E-state index is 0.956. The summed E-state index contributed by atoms with van der Waals surface area (Å²) in [6, 6.07) is 8.26. The summed E-state index contributed by atoms with van der Waals surface area (Å²) < 4.78 is 2.13. The van der Waals surface area contributed by atoms with Crippen LogP contribution in [0.2, 0.25) is 0 Å². The van der Waals surface area contributed by atoms with Gasteiger partial charge >= 0.3 is 0 Å². The Morgan fingerprint density at radius 1 is 1.31 bits per heavy atom. The first-order chi connectivity index (χ1) is 6.36. The first-order valence-corrected chi connectivity index (χ1v) is 4.35. The summed E-state index contributed by atoms with van der Waals surface area (Å²) in [6.45, 7) is 0. The zero-order valence-corrected chi connectivity index (χ0v) is 7.64. The molecule has 0 unspecified atom stereocenters. The lowest BCUT2D eigenvalue weighted by atomic mass is 10.2. The maximum absolute atomic E-state index is 4.09. The summed E-state index contributed by atoms with van der Waals surface area (Å²) in [7, 11) is 2.06. The highest BCUT2D eigenvalue weighted by molar-refractivity contribution is 5.19. The van der Waals surface area contributed by atoms with Crippen molar-refractivity contribution in [3.05, 3.63) is 54.1 Å². The molecule has 0 N–H and O–H groups in total. The van der Waals surface area contributed by atoms with Crippen LogP contribution < -0.4 is 0 Å². The first kappa shape index (κ1) is 8.05. The Balaban J connectivity index is 2.20. The predicted molar refractivity (Wildman–Crippen MR) is 52.5 cm³/mol. The topological polar surface area (TPSA) is 17.8 Å². The molecule has 2 aromatic rings. The van der Waals surface area contributed by atoms with Gasteiger partial charge in [-0.25, -0.2) is 0 Å². The van der Waals surface area contributed by atoms with Crippen LogP contribution >= 0.6 is 0 Å². The van der Waals surface area contributed by atoms with E-state index < -0.39 is 0 Å². The van der Waals surface area contributed by atoms with Crippen LogP contribution in [0.4, 0.5) is 0 Å². The number of hydrogen-bond acceptors (Lipinski definition) is 1. The Kier molecular flexibility index (Phi) is 2.13. The van der Waals surface area contributed by atoms with Crippen molar-refractivity contribution >= 4 is 0 Å². The third-order valence-electron chi connectivity index (χ3n) is 2.16. The summed E-state index contributed by atoms with van der Waals surface area (Å²) in [5.41, 5.74) is 2.57. The Bertz CT molecular complexity index is 376. The molecule has 0 saturated carbocycles. The van der Waals surface area contributed by atoms with Crippen LogP contribution in [0.1, 0.15) is 11.3 Å². The molecule has 2 nitrogen and oxygen atoms in total. The van der Waals surface area contributed by atoms with Gasteiger partial charge in [-0.2, -0.15) is 0 Å². The van der Waals surface area contributed by atoms with Gasteiger partial charge < -0.3 is 4.57 Å². The van der Waals surface area contributed by atoms with Crippen LogP contribution in [0.15, 0.2) is 42.9 Å². The van der Waals surface area contributed by atoms with Crippen molar-refractivity contribution in [3.8, 4) is 0 Å². The molecule has 0 atom stereocenters. The highest BCUT2D eigenvalue weighted by Crippen LogP contribution is 2.07. The van der Waals surface area contributed by atoms with E-state index in [1.807, 2.05) is 12.3 Å². The minimum Gasteiger partial charge on any atom is -0.354 e. The van der Waals surface area contributed by atoms with E-state index in [9.17, 15) is 0 Å². The smallest absolute Gasteiger partial charge is 0.0303 e. The second-order valence-electron chi connectivity index (χ2n) is 3.15. The molecule has 0 bridgehead atoms. The lowest BCUT2D eigenvalue weighted by molar-refractivity contribution is 0.849. The van der Waals surface area contributed by atoms with Gasteiger partial charge in [-0.3, -0.25) is 4.98 Å². The molecule has 0 saturated heterocycles. The molecule has 2 heteroatoms. The molecular weight excluding hydrogens is 160 g/mol. The van der Waals surface area contributed by atoms with Crippen LogP contribution in [-0.2, 0) is 13.5 Å². The van der Waals surface area contributed by atoms with E-state index in [0.29, 0.717) is 0 Å². The maximum Gasteiger partial charge on any atom is 0.0303 e. The fraction of sp³-hybridized carbons (Fsp3) is 0.182. The molecule has 2 rings (SSSR count). The number of aromatic nitrogens is 2. The lowest BCUT2D eigenvalue weighted by Gasteiger charge is -2.02. The minimum atomic E-state index is 0.956. The zero-order valence-electron chi connectivity index (χ0n) is 7.64. The van der Waals surface area contributed by atoms with Gasteiger partial charge in [0.05, 0.1) is 0 Å². The molecule has 0 aliphatic carbocycles. The molecule has 2 heterocycles. The Hall–Kier alpha value is -1.57. The van der Waals surface area contributed by atoms with Gasteiger partial charge in [0.2, 0.25) is 0 Å². The predicted octanol–water partition coefficient (Wildman–Crippen LogP) is 2.01. The van der Waals surface area contributed by atoms with Crippen LogP contribution in [0.3, 0.4) is 0 Å². The fourth-order valence-electron chi connectivity index (χ4n) is 1.39. The highest BCUT2D eigenvalue weighted by atomic mass is 14.9. The van der Waals surface area contributed by atoms with E-state index in [2.05, 4.69) is 41.0 Å². The number of nitrogens with zero attached hydrogens (tertiary/aromatic N) is 2. The summed E-state index contributed by atoms with van der Waals surface area (Å²) >= 11 is 0. The molecule has 0 aromatic carbocycles. The van der Waals surface area contributed by atoms with E-state index in [4.69, 9.17) is 0 Å². The van der Waals surface area contributed by atoms with Crippen molar-refractivity contribution in [2.75, 3.05) is 0 Å². The van der Waals surface area contributed by atoms with Gasteiger partial charge in [-0.1, -0.05) is 6.07 Å². The fourth-order valence-corrected chi connectivity index (χ4v) is 1.39. The van der Waals surface area contributed by atoms with Crippen LogP contribution in [0, 0.1) is 0 Å². The SMILES string of the molecule is Cn1cccc1Cc1cccnc1. The van der Waals surface area contributed by atoms with Crippen LogP contribution in [0.5, 0.6) is 0 Å². The van der Waals surface area contributed by atoms with E-state index in [1.165, 1.54) is 11.3 Å². The quantitative estimate of drug-likeness (QED) is 0.677. The van der Waals surface area contributed by atoms with E-state index >= 15 is 0 Å². The number of hydrogen-bond donors (Lipinski definition) is 0. The first-order valence-electron chi connectivity index (χ1n) is 4.35. The van der Waals surface area contributed by atoms with Gasteiger partial charge in [-0.15, -0.1) is 0 Å². The lowest BCUT2D eigenvalue weighted by Crippen LogP contribution is -1.96. The summed E-state index contributed by atoms with van der Waals surface area (Å²) in [6.07, 6.45) is 6.73. The van der Waals surface area contributed by atoms with Gasteiger partial charge in [0, 0.05) is 37.8 Å².